The smallest absolute Gasteiger partial charge is 0.324 e. The van der Waals surface area contributed by atoms with Crippen molar-refractivity contribution in [2.24, 2.45) is 0 Å². The number of rotatable bonds is 4. The number of carboxylic acid groups (broad SMARTS) is 1. The molecular weight excluding hydrogens is 201 g/mol. The van der Waals surface area contributed by atoms with E-state index in [4.69, 9.17) is 5.11 Å². The van der Waals surface area contributed by atoms with Gasteiger partial charge in [-0.25, -0.2) is 0 Å². The van der Waals surface area contributed by atoms with E-state index in [0.29, 0.717) is 5.75 Å². The van der Waals surface area contributed by atoms with Crippen molar-refractivity contribution in [3.05, 3.63) is 0 Å². The summed E-state index contributed by atoms with van der Waals surface area (Å²) in [6, 6.07) is -1.05. The minimum atomic E-state index is -1.12. The van der Waals surface area contributed by atoms with Crippen molar-refractivity contribution in [3.8, 4) is 0 Å². The van der Waals surface area contributed by atoms with Gasteiger partial charge in [-0.1, -0.05) is 0 Å². The summed E-state index contributed by atoms with van der Waals surface area (Å²) in [6.07, 6.45) is 6.01. The van der Waals surface area contributed by atoms with Crippen LogP contribution in [0.1, 0.15) is 0 Å². The molecule has 0 heterocycles. The lowest BCUT2D eigenvalue weighted by Gasteiger charge is -2.11. The molecule has 0 spiro atoms. The first-order valence-corrected chi connectivity index (χ1v) is 7.64. The molecule has 12 heavy (non-hydrogen) atoms. The second-order valence-electron chi connectivity index (χ2n) is 2.48. The Kier molecular flexibility index (Phi) is 5.69. The van der Waals surface area contributed by atoms with Gasteiger partial charge in [0.25, 0.3) is 0 Å². The van der Waals surface area contributed by atoms with Crippen LogP contribution >= 0.6 is 0 Å². The molecular formula is C6H14FNO2S2. The van der Waals surface area contributed by atoms with Gasteiger partial charge in [0.1, 0.15) is 6.04 Å². The van der Waals surface area contributed by atoms with Crippen LogP contribution in [0.2, 0.25) is 0 Å². The first kappa shape index (κ1) is 12.1. The largest absolute Gasteiger partial charge is 0.480 e. The van der Waals surface area contributed by atoms with Gasteiger partial charge in [0, 0.05) is 5.75 Å². The average molecular weight is 215 g/mol. The monoisotopic (exact) mass is 215 g/mol. The van der Waals surface area contributed by atoms with Crippen LogP contribution in [0.5, 0.6) is 0 Å². The maximum Gasteiger partial charge on any atom is 0.324 e. The summed E-state index contributed by atoms with van der Waals surface area (Å²) < 4.78 is 11.9. The van der Waals surface area contributed by atoms with Crippen LogP contribution in [-0.2, 0) is 23.7 Å². The lowest BCUT2D eigenvalue weighted by atomic mass is 10.4. The van der Waals surface area contributed by atoms with Gasteiger partial charge in [0.05, 0.1) is 0 Å². The summed E-state index contributed by atoms with van der Waals surface area (Å²) in [6.45, 7) is 0. The zero-order valence-electron chi connectivity index (χ0n) is 7.33. The van der Waals surface area contributed by atoms with E-state index in [0.717, 1.165) is 0 Å². The van der Waals surface area contributed by atoms with Crippen molar-refractivity contribution < 1.29 is 14.4 Å². The van der Waals surface area contributed by atoms with Crippen LogP contribution in [0.25, 0.3) is 0 Å². The Hall–Kier alpha value is 0.0600. The summed E-state index contributed by atoms with van der Waals surface area (Å²) >= 11 is 0. The van der Waals surface area contributed by atoms with Crippen molar-refractivity contribution in [3.63, 3.8) is 0 Å². The Bertz CT molecular complexity index is 204. The van der Waals surface area contributed by atoms with E-state index < -0.39 is 12.0 Å². The van der Waals surface area contributed by atoms with Gasteiger partial charge in [-0.2, -0.15) is 18.9 Å². The number of carboxylic acids is 1. The molecule has 2 N–H and O–H groups in total. The molecule has 0 aromatic carbocycles. The molecule has 0 amide bonds. The second kappa shape index (κ2) is 5.66. The number of hydrogen-bond acceptors (Lipinski definition) is 2. The highest BCUT2D eigenvalue weighted by Crippen LogP contribution is 1.92. The zero-order chi connectivity index (χ0) is 9.72. The van der Waals surface area contributed by atoms with Gasteiger partial charge in [0.15, 0.2) is 0 Å². The van der Waals surface area contributed by atoms with Crippen molar-refractivity contribution in [1.29, 1.82) is 0 Å². The standard InChI is InChI=1S/C6H14FNO2S2/c1-11(2)12(3)4-5(8-7)6(9)10/h5,8H,4H2,1-3H3,(H,9,10). The topological polar surface area (TPSA) is 49.3 Å². The lowest BCUT2D eigenvalue weighted by Crippen LogP contribution is -2.36. The summed E-state index contributed by atoms with van der Waals surface area (Å²) in [4.78, 5) is 10.4. The Labute approximate surface area is 75.8 Å². The van der Waals surface area contributed by atoms with Gasteiger partial charge in [0.2, 0.25) is 0 Å². The molecule has 0 aliphatic carbocycles. The van der Waals surface area contributed by atoms with E-state index in [1.807, 2.05) is 18.8 Å². The van der Waals surface area contributed by atoms with Crippen LogP contribution in [0.3, 0.4) is 0 Å². The van der Waals surface area contributed by atoms with Crippen LogP contribution in [0.15, 0.2) is 0 Å². The maximum absolute atomic E-state index is 11.9. The molecule has 2 atom stereocenters. The van der Waals surface area contributed by atoms with Crippen molar-refractivity contribution >= 4 is 24.9 Å². The fourth-order valence-electron chi connectivity index (χ4n) is 0.520. The molecule has 0 aliphatic heterocycles. The highest BCUT2D eigenvalue weighted by Gasteiger charge is 2.16. The van der Waals surface area contributed by atoms with Gasteiger partial charge in [-0.05, 0) is 18.8 Å². The van der Waals surface area contributed by atoms with Gasteiger partial charge in [-0.15, -0.1) is 10.0 Å². The molecule has 0 fully saturated rings. The molecule has 0 saturated carbocycles. The lowest BCUT2D eigenvalue weighted by molar-refractivity contribution is -0.140. The van der Waals surface area contributed by atoms with E-state index in [-0.39, 0.29) is 18.9 Å². The molecule has 6 heteroatoms. The quantitative estimate of drug-likeness (QED) is 0.647. The predicted molar refractivity (Wildman–Crippen MR) is 53.0 cm³/mol. The van der Waals surface area contributed by atoms with Gasteiger partial charge < -0.3 is 5.11 Å². The molecule has 0 bridgehead atoms. The SMILES string of the molecule is CS(C)=S(C)CC(NF)C(=O)O. The third-order valence-electron chi connectivity index (χ3n) is 1.40. The zero-order valence-corrected chi connectivity index (χ0v) is 8.97. The first-order chi connectivity index (χ1) is 5.49. The van der Waals surface area contributed by atoms with E-state index in [9.17, 15) is 9.28 Å². The van der Waals surface area contributed by atoms with Gasteiger partial charge >= 0.3 is 5.97 Å². The van der Waals surface area contributed by atoms with E-state index >= 15 is 0 Å². The summed E-state index contributed by atoms with van der Waals surface area (Å²) in [5.74, 6) is -0.760. The minimum absolute atomic E-state index is 0.0278. The van der Waals surface area contributed by atoms with Gasteiger partial charge in [-0.3, -0.25) is 4.79 Å². The third-order valence-corrected chi connectivity index (χ3v) is 7.16. The fourth-order valence-corrected chi connectivity index (χ4v) is 2.69. The second-order valence-corrected chi connectivity index (χ2v) is 9.15. The third kappa shape index (κ3) is 4.18. The molecule has 0 radical (unpaired) electrons. The number of nitrogens with one attached hydrogen (secondary N) is 1. The highest BCUT2D eigenvalue weighted by molar-refractivity contribution is 8.43. The van der Waals surface area contributed by atoms with E-state index in [1.54, 1.807) is 0 Å². The molecule has 0 saturated heterocycles. The Morgan fingerprint density at radius 1 is 1.58 bits per heavy atom. The van der Waals surface area contributed by atoms with Crippen molar-refractivity contribution in [2.75, 3.05) is 24.5 Å². The Morgan fingerprint density at radius 3 is 2.33 bits per heavy atom. The van der Waals surface area contributed by atoms with Crippen molar-refractivity contribution in [1.82, 2.24) is 5.54 Å². The van der Waals surface area contributed by atoms with Crippen LogP contribution in [0, 0.1) is 0 Å². The van der Waals surface area contributed by atoms with Crippen LogP contribution < -0.4 is 5.54 Å². The number of aliphatic carboxylic acids is 1. The Morgan fingerprint density at radius 2 is 2.08 bits per heavy atom. The van der Waals surface area contributed by atoms with Crippen LogP contribution in [-0.4, -0.2) is 41.6 Å². The molecule has 0 aliphatic rings. The molecule has 0 aromatic rings. The normalized spacial score (nSPS) is 16.1. The van der Waals surface area contributed by atoms with E-state index in [1.165, 1.54) is 5.54 Å². The maximum atomic E-state index is 11.9. The minimum Gasteiger partial charge on any atom is -0.480 e. The highest BCUT2D eigenvalue weighted by atomic mass is 32.9. The number of hydrogen-bond donors (Lipinski definition) is 2. The molecule has 0 rings (SSSR count). The summed E-state index contributed by atoms with van der Waals surface area (Å²) in [7, 11) is 0.131. The van der Waals surface area contributed by atoms with Crippen LogP contribution in [0.4, 0.5) is 4.48 Å². The number of halogens is 1. The summed E-state index contributed by atoms with van der Waals surface area (Å²) in [5.41, 5.74) is 1.30. The van der Waals surface area contributed by atoms with Crippen molar-refractivity contribution in [2.45, 2.75) is 6.04 Å². The van der Waals surface area contributed by atoms with E-state index in [2.05, 4.69) is 0 Å². The predicted octanol–water partition coefficient (Wildman–Crippen LogP) is -0.0453. The molecule has 2 unspecified atom stereocenters. The summed E-state index contributed by atoms with van der Waals surface area (Å²) in [5, 5.41) is 8.51. The Balaban J connectivity index is 4.22. The molecule has 3 nitrogen and oxygen atoms in total. The molecule has 0 aromatic heterocycles. The molecule has 74 valence electrons. The number of carbonyl (C=O) groups is 1. The fraction of sp³-hybridized carbons (Fsp3) is 0.833. The average Bonchev–Trinajstić information content (AvgIpc) is 1.98. The first-order valence-electron chi connectivity index (χ1n) is 3.28.